The summed E-state index contributed by atoms with van der Waals surface area (Å²) in [5, 5.41) is 13.9. The van der Waals surface area contributed by atoms with E-state index in [1.165, 1.54) is 18.3 Å². The highest BCUT2D eigenvalue weighted by molar-refractivity contribution is 9.10. The summed E-state index contributed by atoms with van der Waals surface area (Å²) in [7, 11) is 0. The molecule has 1 unspecified atom stereocenters. The zero-order chi connectivity index (χ0) is 17.7. The largest absolute Gasteiger partial charge is 0.378 e. The summed E-state index contributed by atoms with van der Waals surface area (Å²) < 4.78 is 13.3. The molecule has 0 saturated carbocycles. The second-order valence-electron chi connectivity index (χ2n) is 5.08. The number of nitrogens with two attached hydrogens (primary N) is 1. The van der Waals surface area contributed by atoms with E-state index in [0.29, 0.717) is 10.9 Å². The minimum absolute atomic E-state index is 0.0934. The minimum atomic E-state index is -0.616. The molecule has 0 radical (unpaired) electrons. The average molecular weight is 397 g/mol. The van der Waals surface area contributed by atoms with Gasteiger partial charge in [0.2, 0.25) is 5.91 Å². The summed E-state index contributed by atoms with van der Waals surface area (Å²) in [6.45, 7) is 0.0934. The van der Waals surface area contributed by atoms with Gasteiger partial charge in [-0.15, -0.1) is 0 Å². The van der Waals surface area contributed by atoms with Gasteiger partial charge in [0.15, 0.2) is 0 Å². The normalized spacial score (nSPS) is 11.8. The van der Waals surface area contributed by atoms with Crippen molar-refractivity contribution in [1.29, 1.82) is 0 Å². The van der Waals surface area contributed by atoms with E-state index in [2.05, 4.69) is 26.2 Å². The summed E-state index contributed by atoms with van der Waals surface area (Å²) in [5.74, 6) is -1.54. The SMILES string of the molecule is NC(=O)C(CNc1c(Br)cncc1[N+](=O)[O-])Cc1ccc(F)cc1. The molecule has 2 aromatic rings. The summed E-state index contributed by atoms with van der Waals surface area (Å²) in [6, 6.07) is 5.72. The molecule has 1 atom stereocenters. The Balaban J connectivity index is 2.14. The maximum absolute atomic E-state index is 12.9. The highest BCUT2D eigenvalue weighted by atomic mass is 79.9. The molecule has 3 N–H and O–H groups in total. The Labute approximate surface area is 145 Å². The highest BCUT2D eigenvalue weighted by Crippen LogP contribution is 2.31. The molecule has 0 saturated heterocycles. The number of carbonyl (C=O) groups is 1. The van der Waals surface area contributed by atoms with Crippen molar-refractivity contribution in [1.82, 2.24) is 4.98 Å². The summed E-state index contributed by atoms with van der Waals surface area (Å²) in [5.41, 5.74) is 6.15. The quantitative estimate of drug-likeness (QED) is 0.551. The number of primary amides is 1. The van der Waals surface area contributed by atoms with E-state index in [1.807, 2.05) is 0 Å². The number of hydrogen-bond acceptors (Lipinski definition) is 5. The number of anilines is 1. The van der Waals surface area contributed by atoms with Gasteiger partial charge >= 0.3 is 5.69 Å². The van der Waals surface area contributed by atoms with E-state index in [1.54, 1.807) is 12.1 Å². The molecule has 0 aliphatic heterocycles. The van der Waals surface area contributed by atoms with Crippen LogP contribution in [0.1, 0.15) is 5.56 Å². The smallest absolute Gasteiger partial charge is 0.311 e. The standard InChI is InChI=1S/C15H14BrFN4O3/c16-12-7-19-8-13(21(23)24)14(12)20-6-10(15(18)22)5-9-1-3-11(17)4-2-9/h1-4,7-8,10H,5-6H2,(H2,18,22)(H,19,20). The Hall–Kier alpha value is -2.55. The molecule has 126 valence electrons. The highest BCUT2D eigenvalue weighted by Gasteiger charge is 2.21. The van der Waals surface area contributed by atoms with Gasteiger partial charge in [-0.3, -0.25) is 19.9 Å². The molecule has 0 bridgehead atoms. The number of carbonyl (C=O) groups excluding carboxylic acids is 1. The Kier molecular flexibility index (Phi) is 5.80. The molecule has 0 spiro atoms. The molecule has 2 rings (SSSR count). The number of nitrogens with zero attached hydrogens (tertiary/aromatic N) is 2. The first-order valence-electron chi connectivity index (χ1n) is 6.94. The fourth-order valence-corrected chi connectivity index (χ4v) is 2.60. The van der Waals surface area contributed by atoms with Gasteiger partial charge in [0, 0.05) is 12.7 Å². The lowest BCUT2D eigenvalue weighted by atomic mass is 9.98. The maximum Gasteiger partial charge on any atom is 0.311 e. The van der Waals surface area contributed by atoms with Crippen molar-refractivity contribution in [2.75, 3.05) is 11.9 Å². The fourth-order valence-electron chi connectivity index (χ4n) is 2.14. The molecule has 0 fully saturated rings. The van der Waals surface area contributed by atoms with Crippen molar-refractivity contribution < 1.29 is 14.1 Å². The van der Waals surface area contributed by atoms with E-state index in [9.17, 15) is 19.3 Å². The zero-order valence-corrected chi connectivity index (χ0v) is 14.0. The van der Waals surface area contributed by atoms with Crippen LogP contribution in [0.15, 0.2) is 41.1 Å². The van der Waals surface area contributed by atoms with E-state index in [4.69, 9.17) is 5.73 Å². The van der Waals surface area contributed by atoms with Crippen LogP contribution in [-0.2, 0) is 11.2 Å². The van der Waals surface area contributed by atoms with Crippen LogP contribution in [0.5, 0.6) is 0 Å². The van der Waals surface area contributed by atoms with Gasteiger partial charge in [0.1, 0.15) is 17.7 Å². The molecule has 1 heterocycles. The molecular weight excluding hydrogens is 383 g/mol. The van der Waals surface area contributed by atoms with E-state index < -0.39 is 16.7 Å². The monoisotopic (exact) mass is 396 g/mol. The van der Waals surface area contributed by atoms with Crippen molar-refractivity contribution in [2.24, 2.45) is 11.7 Å². The van der Waals surface area contributed by atoms with E-state index in [-0.39, 0.29) is 23.7 Å². The molecule has 7 nitrogen and oxygen atoms in total. The maximum atomic E-state index is 12.9. The Morgan fingerprint density at radius 3 is 2.62 bits per heavy atom. The predicted octanol–water partition coefficient (Wildman–Crippen LogP) is 2.65. The molecule has 0 aliphatic rings. The number of amides is 1. The number of aromatic nitrogens is 1. The van der Waals surface area contributed by atoms with Crippen LogP contribution < -0.4 is 11.1 Å². The van der Waals surface area contributed by atoms with Crippen LogP contribution >= 0.6 is 15.9 Å². The average Bonchev–Trinajstić information content (AvgIpc) is 2.53. The van der Waals surface area contributed by atoms with Gasteiger partial charge in [-0.05, 0) is 40.0 Å². The first kappa shape index (κ1) is 17.8. The van der Waals surface area contributed by atoms with Crippen LogP contribution in [0.3, 0.4) is 0 Å². The molecule has 1 aromatic heterocycles. The third-order valence-corrected chi connectivity index (χ3v) is 4.00. The number of hydrogen-bond donors (Lipinski definition) is 2. The van der Waals surface area contributed by atoms with Crippen LogP contribution in [0.4, 0.5) is 15.8 Å². The van der Waals surface area contributed by atoms with Gasteiger partial charge in [0.05, 0.1) is 15.3 Å². The van der Waals surface area contributed by atoms with E-state index >= 15 is 0 Å². The van der Waals surface area contributed by atoms with Gasteiger partial charge in [-0.1, -0.05) is 12.1 Å². The molecule has 0 aliphatic carbocycles. The number of rotatable bonds is 7. The third kappa shape index (κ3) is 4.48. The lowest BCUT2D eigenvalue weighted by Gasteiger charge is -2.16. The third-order valence-electron chi connectivity index (χ3n) is 3.40. The van der Waals surface area contributed by atoms with Crippen LogP contribution in [0, 0.1) is 21.8 Å². The molecule has 24 heavy (non-hydrogen) atoms. The number of benzene rings is 1. The second kappa shape index (κ2) is 7.82. The lowest BCUT2D eigenvalue weighted by Crippen LogP contribution is -2.31. The van der Waals surface area contributed by atoms with Gasteiger partial charge in [0.25, 0.3) is 0 Å². The topological polar surface area (TPSA) is 111 Å². The van der Waals surface area contributed by atoms with Gasteiger partial charge in [-0.25, -0.2) is 4.39 Å². The van der Waals surface area contributed by atoms with Crippen molar-refractivity contribution in [2.45, 2.75) is 6.42 Å². The number of pyridine rings is 1. The molecule has 1 amide bonds. The zero-order valence-electron chi connectivity index (χ0n) is 12.4. The van der Waals surface area contributed by atoms with Crippen molar-refractivity contribution in [3.05, 3.63) is 62.6 Å². The van der Waals surface area contributed by atoms with Crippen LogP contribution in [0.2, 0.25) is 0 Å². The Morgan fingerprint density at radius 1 is 1.38 bits per heavy atom. The summed E-state index contributed by atoms with van der Waals surface area (Å²) in [4.78, 5) is 25.9. The van der Waals surface area contributed by atoms with Crippen LogP contribution in [0.25, 0.3) is 0 Å². The van der Waals surface area contributed by atoms with Crippen molar-refractivity contribution in [3.63, 3.8) is 0 Å². The number of nitrogens with one attached hydrogen (secondary N) is 1. The van der Waals surface area contributed by atoms with Crippen molar-refractivity contribution in [3.8, 4) is 0 Å². The number of halogens is 2. The molecule has 9 heteroatoms. The van der Waals surface area contributed by atoms with Crippen molar-refractivity contribution >= 4 is 33.2 Å². The molecular formula is C15H14BrFN4O3. The van der Waals surface area contributed by atoms with Crippen LogP contribution in [-0.4, -0.2) is 22.4 Å². The second-order valence-corrected chi connectivity index (χ2v) is 5.94. The van der Waals surface area contributed by atoms with Gasteiger partial charge < -0.3 is 11.1 Å². The number of nitro groups is 1. The first-order valence-corrected chi connectivity index (χ1v) is 7.73. The lowest BCUT2D eigenvalue weighted by molar-refractivity contribution is -0.384. The summed E-state index contributed by atoms with van der Waals surface area (Å²) in [6.07, 6.45) is 2.82. The first-order chi connectivity index (χ1) is 11.4. The summed E-state index contributed by atoms with van der Waals surface area (Å²) >= 11 is 3.19. The Morgan fingerprint density at radius 2 is 2.04 bits per heavy atom. The molecule has 1 aromatic carbocycles. The van der Waals surface area contributed by atoms with Gasteiger partial charge in [-0.2, -0.15) is 0 Å². The predicted molar refractivity (Wildman–Crippen MR) is 89.9 cm³/mol. The Bertz CT molecular complexity index is 755. The fraction of sp³-hybridized carbons (Fsp3) is 0.200. The van der Waals surface area contributed by atoms with E-state index in [0.717, 1.165) is 11.8 Å². The minimum Gasteiger partial charge on any atom is -0.378 e.